The average Bonchev–Trinajstić information content (AvgIpc) is 2.29. The number of nitrogens with zero attached hydrogens (tertiary/aromatic N) is 2. The second kappa shape index (κ2) is 7.29. The van der Waals surface area contributed by atoms with Crippen molar-refractivity contribution in [3.8, 4) is 0 Å². The summed E-state index contributed by atoms with van der Waals surface area (Å²) in [6.45, 7) is 0. The molecule has 0 spiro atoms. The molecule has 3 aromatic rings. The molecule has 0 fully saturated rings. The van der Waals surface area contributed by atoms with Gasteiger partial charge in [-0.25, -0.2) is 24.3 Å². The Kier molecular flexibility index (Phi) is 7.16. The van der Waals surface area contributed by atoms with Crippen molar-refractivity contribution in [2.24, 2.45) is 0 Å². The molecular weight excluding hydrogens is 343 g/mol. The van der Waals surface area contributed by atoms with Crippen molar-refractivity contribution in [1.29, 1.82) is 0 Å². The maximum absolute atomic E-state index is 4.28. The van der Waals surface area contributed by atoms with Crippen LogP contribution in [0, 0.1) is 12.1 Å². The summed E-state index contributed by atoms with van der Waals surface area (Å²) in [5, 5.41) is 2.14. The van der Waals surface area contributed by atoms with Crippen LogP contribution in [-0.4, -0.2) is 9.97 Å². The van der Waals surface area contributed by atoms with E-state index in [2.05, 4.69) is 22.1 Å². The van der Waals surface area contributed by atoms with E-state index >= 15 is 0 Å². The summed E-state index contributed by atoms with van der Waals surface area (Å²) >= 11 is 0. The first kappa shape index (κ1) is 15.7. The molecule has 66 valence electrons. The number of hydrogen-bond acceptors (Lipinski definition) is 2. The monoisotopic (exact) mass is 348 g/mol. The molecule has 0 aliphatic carbocycles. The maximum Gasteiger partial charge on any atom is 1.00 e. The quantitative estimate of drug-likeness (QED) is 0.310. The van der Waals surface area contributed by atoms with E-state index < -0.39 is 0 Å². The van der Waals surface area contributed by atoms with Crippen LogP contribution >= 0.6 is 0 Å². The van der Waals surface area contributed by atoms with E-state index in [1.807, 2.05) is 24.3 Å². The predicted molar refractivity (Wildman–Crippen MR) is 54.7 cm³/mol. The van der Waals surface area contributed by atoms with E-state index in [4.69, 9.17) is 0 Å². The molecule has 0 bridgehead atoms. The molecule has 4 heteroatoms. The third-order valence-electron chi connectivity index (χ3n) is 2.23. The van der Waals surface area contributed by atoms with Crippen LogP contribution in [0.1, 0.15) is 0 Å². The molecule has 0 unspecified atom stereocenters. The summed E-state index contributed by atoms with van der Waals surface area (Å²) < 4.78 is 0. The number of benzene rings is 1. The Morgan fingerprint density at radius 3 is 1.62 bits per heavy atom. The van der Waals surface area contributed by atoms with Gasteiger partial charge in [-0.1, -0.05) is 12.4 Å². The van der Waals surface area contributed by atoms with Crippen LogP contribution in [0.15, 0.2) is 36.7 Å². The number of fused-ring (bicyclic) bond motifs is 3. The molecule has 16 heavy (non-hydrogen) atoms. The molecule has 0 aliphatic rings. The SMILES string of the molecule is [Rb+].[Rb+].[c-]1cnc2c(c1)ccc1c[c-]cnc12. The van der Waals surface area contributed by atoms with Crippen LogP contribution in [0.25, 0.3) is 21.8 Å². The summed E-state index contributed by atoms with van der Waals surface area (Å²) in [5.74, 6) is 0. The van der Waals surface area contributed by atoms with Gasteiger partial charge in [-0.3, -0.25) is 9.97 Å². The van der Waals surface area contributed by atoms with Crippen molar-refractivity contribution in [3.05, 3.63) is 48.8 Å². The van der Waals surface area contributed by atoms with E-state index in [1.165, 1.54) is 0 Å². The minimum Gasteiger partial charge on any atom is -0.295 e. The van der Waals surface area contributed by atoms with Gasteiger partial charge in [0, 0.05) is 0 Å². The Morgan fingerprint density at radius 1 is 0.750 bits per heavy atom. The third kappa shape index (κ3) is 3.15. The van der Waals surface area contributed by atoms with Crippen LogP contribution in [0.5, 0.6) is 0 Å². The number of aromatic nitrogens is 2. The van der Waals surface area contributed by atoms with Gasteiger partial charge in [0.05, 0.1) is 0 Å². The first-order valence-corrected chi connectivity index (χ1v) is 4.36. The average molecular weight is 349 g/mol. The fourth-order valence-electron chi connectivity index (χ4n) is 1.57. The number of hydrogen-bond donors (Lipinski definition) is 0. The molecule has 0 amide bonds. The van der Waals surface area contributed by atoms with Gasteiger partial charge in [0.15, 0.2) is 0 Å². The standard InChI is InChI=1S/C12H6N2.2Rb/c1-3-9-5-6-10-4-2-8-14-12(10)11(9)13-7-1;;/h3-8H;;/q-2;2*+1. The second-order valence-electron chi connectivity index (χ2n) is 3.08. The van der Waals surface area contributed by atoms with Gasteiger partial charge in [0.25, 0.3) is 0 Å². The van der Waals surface area contributed by atoms with Gasteiger partial charge in [-0.05, 0) is 11.0 Å². The van der Waals surface area contributed by atoms with Gasteiger partial charge in [-0.2, -0.15) is 22.9 Å². The Labute approximate surface area is 192 Å². The first-order chi connectivity index (χ1) is 6.95. The van der Waals surface area contributed by atoms with Crippen molar-refractivity contribution in [2.45, 2.75) is 0 Å². The zero-order chi connectivity index (χ0) is 9.38. The second-order valence-corrected chi connectivity index (χ2v) is 3.08. The Morgan fingerprint density at radius 2 is 1.19 bits per heavy atom. The first-order valence-electron chi connectivity index (χ1n) is 4.36. The Balaban J connectivity index is 0.000000640. The Bertz CT molecular complexity index is 556. The fourth-order valence-corrected chi connectivity index (χ4v) is 1.57. The van der Waals surface area contributed by atoms with Crippen LogP contribution in [-0.2, 0) is 0 Å². The number of rotatable bonds is 0. The minimum absolute atomic E-state index is 0. The van der Waals surface area contributed by atoms with E-state index in [9.17, 15) is 0 Å². The largest absolute Gasteiger partial charge is 1.00 e. The molecule has 0 saturated carbocycles. The molecule has 0 aliphatic heterocycles. The summed E-state index contributed by atoms with van der Waals surface area (Å²) in [5.41, 5.74) is 1.85. The fraction of sp³-hybridized carbons (Fsp3) is 0. The predicted octanol–water partition coefficient (Wildman–Crippen LogP) is -3.61. The molecule has 2 aromatic heterocycles. The molecule has 0 N–H and O–H groups in total. The van der Waals surface area contributed by atoms with Crippen molar-refractivity contribution in [3.63, 3.8) is 0 Å². The molecule has 1 aromatic carbocycles. The smallest absolute Gasteiger partial charge is 0.295 e. The van der Waals surface area contributed by atoms with Gasteiger partial charge in [0.2, 0.25) is 0 Å². The van der Waals surface area contributed by atoms with E-state index in [0.717, 1.165) is 21.8 Å². The van der Waals surface area contributed by atoms with Crippen LogP contribution < -0.4 is 116 Å². The number of pyridine rings is 2. The van der Waals surface area contributed by atoms with Gasteiger partial charge < -0.3 is 0 Å². The van der Waals surface area contributed by atoms with Crippen molar-refractivity contribution >= 4 is 21.8 Å². The maximum atomic E-state index is 4.28. The van der Waals surface area contributed by atoms with Crippen LogP contribution in [0.4, 0.5) is 0 Å². The molecule has 3 rings (SSSR count). The normalized spacial score (nSPS) is 9.50. The molecule has 0 saturated heterocycles. The van der Waals surface area contributed by atoms with Gasteiger partial charge in [-0.15, -0.1) is 0 Å². The van der Waals surface area contributed by atoms with Crippen LogP contribution in [0.2, 0.25) is 0 Å². The third-order valence-corrected chi connectivity index (χ3v) is 2.23. The van der Waals surface area contributed by atoms with E-state index in [-0.39, 0.29) is 116 Å². The molecule has 2 heterocycles. The molecular formula is C12H6N2Rb2. The summed E-state index contributed by atoms with van der Waals surface area (Å²) in [4.78, 5) is 8.55. The van der Waals surface area contributed by atoms with Crippen LogP contribution in [0.3, 0.4) is 0 Å². The Hall–Kier alpha value is 1.65. The van der Waals surface area contributed by atoms with Gasteiger partial charge in [0.1, 0.15) is 0 Å². The van der Waals surface area contributed by atoms with Crippen molar-refractivity contribution in [1.82, 2.24) is 9.97 Å². The summed E-state index contributed by atoms with van der Waals surface area (Å²) in [6.07, 6.45) is 3.33. The molecule has 2 nitrogen and oxygen atoms in total. The minimum atomic E-state index is 0. The summed E-state index contributed by atoms with van der Waals surface area (Å²) in [7, 11) is 0. The topological polar surface area (TPSA) is 25.8 Å². The summed E-state index contributed by atoms with van der Waals surface area (Å²) in [6, 6.07) is 13.8. The molecule has 0 radical (unpaired) electrons. The van der Waals surface area contributed by atoms with Gasteiger partial charge >= 0.3 is 116 Å². The van der Waals surface area contributed by atoms with E-state index in [0.29, 0.717) is 0 Å². The van der Waals surface area contributed by atoms with Crippen molar-refractivity contribution < 1.29 is 116 Å². The zero-order valence-corrected chi connectivity index (χ0v) is 19.2. The van der Waals surface area contributed by atoms with E-state index in [1.54, 1.807) is 12.4 Å². The zero-order valence-electron chi connectivity index (χ0n) is 9.36. The van der Waals surface area contributed by atoms with Crippen molar-refractivity contribution in [2.75, 3.05) is 0 Å². The molecule has 0 atom stereocenters.